The number of hydrogen-bond acceptors (Lipinski definition) is 3. The van der Waals surface area contributed by atoms with E-state index >= 15 is 0 Å². The lowest BCUT2D eigenvalue weighted by atomic mass is 10.2. The third kappa shape index (κ3) is 4.91. The van der Waals surface area contributed by atoms with E-state index in [2.05, 4.69) is 5.32 Å². The van der Waals surface area contributed by atoms with Gasteiger partial charge in [-0.25, -0.2) is 8.42 Å². The van der Waals surface area contributed by atoms with Crippen molar-refractivity contribution in [3.05, 3.63) is 28.8 Å². The number of benzene rings is 1. The highest BCUT2D eigenvalue weighted by molar-refractivity contribution is 7.91. The average molecular weight is 316 g/mol. The van der Waals surface area contributed by atoms with E-state index in [-0.39, 0.29) is 28.8 Å². The molecule has 1 aromatic rings. The Morgan fingerprint density at radius 3 is 2.42 bits per heavy atom. The Kier molecular flexibility index (Phi) is 5.09. The van der Waals surface area contributed by atoms with Gasteiger partial charge in [-0.15, -0.1) is 0 Å². The molecule has 0 saturated heterocycles. The fourth-order valence-electron chi connectivity index (χ4n) is 1.32. The second-order valence-corrected chi connectivity index (χ2v) is 6.74. The number of alkyl halides is 3. The second-order valence-electron chi connectivity index (χ2n) is 3.86. The minimum absolute atomic E-state index is 0.0232. The molecule has 0 aliphatic carbocycles. The lowest BCUT2D eigenvalue weighted by Gasteiger charge is -2.11. The monoisotopic (exact) mass is 315 g/mol. The van der Waals surface area contributed by atoms with E-state index in [1.165, 1.54) is 13.0 Å². The van der Waals surface area contributed by atoms with Gasteiger partial charge in [-0.2, -0.15) is 13.2 Å². The summed E-state index contributed by atoms with van der Waals surface area (Å²) in [6.07, 6.45) is -4.45. The van der Waals surface area contributed by atoms with Crippen molar-refractivity contribution in [2.24, 2.45) is 0 Å². The number of sulfone groups is 1. The van der Waals surface area contributed by atoms with Crippen LogP contribution in [0.1, 0.15) is 12.5 Å². The van der Waals surface area contributed by atoms with E-state index < -0.39 is 21.6 Å². The van der Waals surface area contributed by atoms with Crippen LogP contribution in [0.5, 0.6) is 0 Å². The summed E-state index contributed by atoms with van der Waals surface area (Å²) >= 11 is 5.71. The number of anilines is 1. The van der Waals surface area contributed by atoms with Crippen molar-refractivity contribution in [2.45, 2.75) is 13.1 Å². The molecule has 0 radical (unpaired) electrons. The summed E-state index contributed by atoms with van der Waals surface area (Å²) in [5.74, 6) is -0.0731. The average Bonchev–Trinajstić information content (AvgIpc) is 2.30. The van der Waals surface area contributed by atoms with Crippen LogP contribution in [0.4, 0.5) is 18.9 Å². The molecule has 1 aromatic carbocycles. The van der Waals surface area contributed by atoms with Crippen molar-refractivity contribution in [2.75, 3.05) is 23.4 Å². The maximum absolute atomic E-state index is 12.4. The fourth-order valence-corrected chi connectivity index (χ4v) is 2.27. The van der Waals surface area contributed by atoms with Gasteiger partial charge in [0.2, 0.25) is 0 Å². The Hall–Kier alpha value is -0.950. The molecule has 0 amide bonds. The molecule has 0 aliphatic rings. The summed E-state index contributed by atoms with van der Waals surface area (Å²) in [4.78, 5) is 0. The van der Waals surface area contributed by atoms with Crippen LogP contribution in [0.15, 0.2) is 18.2 Å². The maximum Gasteiger partial charge on any atom is 0.416 e. The van der Waals surface area contributed by atoms with Crippen LogP contribution < -0.4 is 5.32 Å². The molecular weight excluding hydrogens is 303 g/mol. The van der Waals surface area contributed by atoms with Crippen LogP contribution in [-0.2, 0) is 16.0 Å². The molecule has 3 nitrogen and oxygen atoms in total. The van der Waals surface area contributed by atoms with Crippen LogP contribution in [0, 0.1) is 0 Å². The predicted octanol–water partition coefficient (Wildman–Crippen LogP) is 3.21. The van der Waals surface area contributed by atoms with Crippen LogP contribution in [0.25, 0.3) is 0 Å². The summed E-state index contributed by atoms with van der Waals surface area (Å²) in [7, 11) is -3.12. The Morgan fingerprint density at radius 2 is 1.95 bits per heavy atom. The SMILES string of the molecule is CCS(=O)(=O)CCNc1ccc(C(F)(F)F)cc1Cl. The summed E-state index contributed by atoms with van der Waals surface area (Å²) in [5, 5.41) is 2.61. The molecule has 1 N–H and O–H groups in total. The molecule has 0 aromatic heterocycles. The third-order valence-corrected chi connectivity index (χ3v) is 4.48. The Bertz CT molecular complexity index is 543. The van der Waals surface area contributed by atoms with Gasteiger partial charge in [0.1, 0.15) is 0 Å². The number of hydrogen-bond donors (Lipinski definition) is 1. The van der Waals surface area contributed by atoms with Crippen molar-refractivity contribution in [3.63, 3.8) is 0 Å². The van der Waals surface area contributed by atoms with E-state index in [9.17, 15) is 21.6 Å². The zero-order valence-corrected chi connectivity index (χ0v) is 11.7. The largest absolute Gasteiger partial charge is 0.416 e. The van der Waals surface area contributed by atoms with E-state index in [0.717, 1.165) is 12.1 Å². The van der Waals surface area contributed by atoms with Crippen molar-refractivity contribution < 1.29 is 21.6 Å². The zero-order valence-electron chi connectivity index (χ0n) is 10.1. The number of nitrogens with one attached hydrogen (secondary N) is 1. The minimum Gasteiger partial charge on any atom is -0.383 e. The lowest BCUT2D eigenvalue weighted by Crippen LogP contribution is -2.17. The van der Waals surface area contributed by atoms with Gasteiger partial charge in [-0.1, -0.05) is 18.5 Å². The highest BCUT2D eigenvalue weighted by atomic mass is 35.5. The number of rotatable bonds is 5. The molecule has 19 heavy (non-hydrogen) atoms. The predicted molar refractivity (Wildman–Crippen MR) is 69.3 cm³/mol. The van der Waals surface area contributed by atoms with Crippen molar-refractivity contribution >= 4 is 27.1 Å². The van der Waals surface area contributed by atoms with Crippen LogP contribution in [0.3, 0.4) is 0 Å². The van der Waals surface area contributed by atoms with Gasteiger partial charge in [-0.05, 0) is 18.2 Å². The Balaban J connectivity index is 2.71. The molecule has 0 atom stereocenters. The molecular formula is C11H13ClF3NO2S. The van der Waals surface area contributed by atoms with Crippen LogP contribution >= 0.6 is 11.6 Å². The quantitative estimate of drug-likeness (QED) is 0.907. The van der Waals surface area contributed by atoms with Gasteiger partial charge in [0.25, 0.3) is 0 Å². The molecule has 0 aliphatic heterocycles. The van der Waals surface area contributed by atoms with Gasteiger partial charge < -0.3 is 5.32 Å². The molecule has 108 valence electrons. The highest BCUT2D eigenvalue weighted by Gasteiger charge is 2.30. The molecule has 8 heteroatoms. The van der Waals surface area contributed by atoms with E-state index in [1.807, 2.05) is 0 Å². The topological polar surface area (TPSA) is 46.2 Å². The van der Waals surface area contributed by atoms with E-state index in [1.54, 1.807) is 0 Å². The number of halogens is 4. The van der Waals surface area contributed by atoms with Gasteiger partial charge >= 0.3 is 6.18 Å². The first-order chi connectivity index (χ1) is 8.65. The Morgan fingerprint density at radius 1 is 1.32 bits per heavy atom. The maximum atomic E-state index is 12.4. The molecule has 1 rings (SSSR count). The summed E-state index contributed by atoms with van der Waals surface area (Å²) in [6, 6.07) is 2.88. The smallest absolute Gasteiger partial charge is 0.383 e. The Labute approximate surface area is 114 Å². The third-order valence-electron chi connectivity index (χ3n) is 2.46. The summed E-state index contributed by atoms with van der Waals surface area (Å²) in [5.41, 5.74) is -0.565. The molecule has 0 heterocycles. The van der Waals surface area contributed by atoms with Gasteiger partial charge in [0.15, 0.2) is 9.84 Å². The first kappa shape index (κ1) is 16.1. The zero-order chi connectivity index (χ0) is 14.7. The van der Waals surface area contributed by atoms with Crippen molar-refractivity contribution in [3.8, 4) is 0 Å². The molecule has 0 bridgehead atoms. The molecule has 0 unspecified atom stereocenters. The van der Waals surface area contributed by atoms with Crippen LogP contribution in [0.2, 0.25) is 5.02 Å². The van der Waals surface area contributed by atoms with Crippen LogP contribution in [-0.4, -0.2) is 26.5 Å². The summed E-state index contributed by atoms with van der Waals surface area (Å²) < 4.78 is 59.7. The van der Waals surface area contributed by atoms with Gasteiger partial charge in [0, 0.05) is 12.3 Å². The molecule has 0 fully saturated rings. The first-order valence-electron chi connectivity index (χ1n) is 5.47. The first-order valence-corrected chi connectivity index (χ1v) is 7.66. The minimum atomic E-state index is -4.45. The van der Waals surface area contributed by atoms with Gasteiger partial charge in [0.05, 0.1) is 22.0 Å². The van der Waals surface area contributed by atoms with Gasteiger partial charge in [-0.3, -0.25) is 0 Å². The second kappa shape index (κ2) is 6.00. The van der Waals surface area contributed by atoms with E-state index in [0.29, 0.717) is 0 Å². The van der Waals surface area contributed by atoms with E-state index in [4.69, 9.17) is 11.6 Å². The van der Waals surface area contributed by atoms with Crippen molar-refractivity contribution in [1.82, 2.24) is 0 Å². The normalized spacial score (nSPS) is 12.5. The van der Waals surface area contributed by atoms with Crippen molar-refractivity contribution in [1.29, 1.82) is 0 Å². The molecule has 0 saturated carbocycles. The fraction of sp³-hybridized carbons (Fsp3) is 0.455. The lowest BCUT2D eigenvalue weighted by molar-refractivity contribution is -0.137. The molecule has 0 spiro atoms. The summed E-state index contributed by atoms with van der Waals surface area (Å²) in [6.45, 7) is 1.63. The standard InChI is InChI=1S/C11H13ClF3NO2S/c1-2-19(17,18)6-5-16-10-4-3-8(7-9(10)12)11(13,14)15/h3-4,7,16H,2,5-6H2,1H3. The highest BCUT2D eigenvalue weighted by Crippen LogP contribution is 2.33.